The van der Waals surface area contributed by atoms with Crippen molar-refractivity contribution >= 4 is 76.2 Å². The summed E-state index contributed by atoms with van der Waals surface area (Å²) in [4.78, 5) is 0. The van der Waals surface area contributed by atoms with Crippen LogP contribution in [-0.2, 0) is 0 Å². The number of hydrogen-bond donors (Lipinski definition) is 0. The molecule has 2 aromatic heterocycles. The van der Waals surface area contributed by atoms with Gasteiger partial charge in [-0.2, -0.15) is 0 Å². The quantitative estimate of drug-likeness (QED) is 0.194. The molecule has 0 saturated heterocycles. The van der Waals surface area contributed by atoms with Crippen LogP contribution in [0.5, 0.6) is 0 Å². The first-order chi connectivity index (χ1) is 25.1. The third kappa shape index (κ3) is 3.25. The van der Waals surface area contributed by atoms with Gasteiger partial charge < -0.3 is 8.83 Å². The molecule has 0 unspecified atom stereocenters. The maximum atomic E-state index is 9.28. The highest BCUT2D eigenvalue weighted by Crippen LogP contribution is 2.46. The summed E-state index contributed by atoms with van der Waals surface area (Å²) in [5, 5.41) is 5.93. The number of para-hydroxylation sites is 1. The van der Waals surface area contributed by atoms with Crippen molar-refractivity contribution in [1.29, 1.82) is 0 Å². The van der Waals surface area contributed by atoms with Gasteiger partial charge in [0.05, 0.1) is 16.4 Å². The molecule has 8 aromatic carbocycles. The number of benzene rings is 8. The molecule has 10 rings (SSSR count). The van der Waals surface area contributed by atoms with Crippen molar-refractivity contribution < 1.29 is 19.8 Å². The lowest BCUT2D eigenvalue weighted by molar-refractivity contribution is 0.663. The Morgan fingerprint density at radius 1 is 0.409 bits per heavy atom. The van der Waals surface area contributed by atoms with Crippen LogP contribution in [0.4, 0.5) is 0 Å². The van der Waals surface area contributed by atoms with E-state index in [2.05, 4.69) is 0 Å². The molecule has 0 bridgehead atoms. The lowest BCUT2D eigenvalue weighted by Gasteiger charge is -2.18. The molecule has 0 N–H and O–H groups in total. The molecule has 0 fully saturated rings. The van der Waals surface area contributed by atoms with Crippen molar-refractivity contribution in [3.63, 3.8) is 0 Å². The van der Waals surface area contributed by atoms with Crippen molar-refractivity contribution in [3.8, 4) is 22.3 Å². The van der Waals surface area contributed by atoms with Crippen LogP contribution in [0, 0.1) is 0 Å². The van der Waals surface area contributed by atoms with Gasteiger partial charge >= 0.3 is 0 Å². The average Bonchev–Trinajstić information content (AvgIpc) is 3.74. The summed E-state index contributed by atoms with van der Waals surface area (Å²) in [6.45, 7) is 0. The Hall–Kier alpha value is -5.86. The second kappa shape index (κ2) is 8.82. The monoisotopic (exact) mass is 568 g/mol. The predicted octanol–water partition coefficient (Wildman–Crippen LogP) is 12.3. The molecule has 0 amide bonds. The lowest BCUT2D eigenvalue weighted by Crippen LogP contribution is -1.90. The molecule has 0 saturated carbocycles. The third-order valence-electron chi connectivity index (χ3n) is 8.68. The summed E-state index contributed by atoms with van der Waals surface area (Å²) >= 11 is 0. The molecule has 0 atom stereocenters. The predicted molar refractivity (Wildman–Crippen MR) is 184 cm³/mol. The Labute approximate surface area is 263 Å². The first kappa shape index (κ1) is 17.3. The first-order valence-corrected chi connectivity index (χ1v) is 14.4. The van der Waals surface area contributed by atoms with Crippen LogP contribution in [0.25, 0.3) is 98.4 Å². The van der Waals surface area contributed by atoms with E-state index in [0.29, 0.717) is 33.4 Å². The second-order valence-corrected chi connectivity index (χ2v) is 11.0. The van der Waals surface area contributed by atoms with E-state index in [1.54, 1.807) is 6.07 Å². The zero-order valence-corrected chi connectivity index (χ0v) is 23.1. The largest absolute Gasteiger partial charge is 0.456 e. The van der Waals surface area contributed by atoms with Crippen molar-refractivity contribution in [1.82, 2.24) is 0 Å². The molecule has 44 heavy (non-hydrogen) atoms. The Balaban J connectivity index is 1.39. The maximum Gasteiger partial charge on any atom is 0.147 e. The summed E-state index contributed by atoms with van der Waals surface area (Å²) in [5.74, 6) is 0. The highest BCUT2D eigenvalue weighted by atomic mass is 16.3. The highest BCUT2D eigenvalue weighted by Gasteiger charge is 2.19. The van der Waals surface area contributed by atoms with Crippen molar-refractivity contribution in [2.45, 2.75) is 0 Å². The minimum Gasteiger partial charge on any atom is -0.456 e. The fourth-order valence-electron chi connectivity index (χ4n) is 6.75. The number of rotatable bonds is 2. The smallest absolute Gasteiger partial charge is 0.147 e. The molecule has 2 nitrogen and oxygen atoms in total. The molecule has 0 aliphatic carbocycles. The maximum absolute atomic E-state index is 9.28. The van der Waals surface area contributed by atoms with E-state index in [9.17, 15) is 5.48 Å². The van der Waals surface area contributed by atoms with Crippen molar-refractivity contribution in [2.75, 3.05) is 0 Å². The summed E-state index contributed by atoms with van der Waals surface area (Å²) in [7, 11) is 0. The van der Waals surface area contributed by atoms with Crippen LogP contribution in [-0.4, -0.2) is 0 Å². The molecule has 0 radical (unpaired) electrons. The summed E-state index contributed by atoms with van der Waals surface area (Å²) in [6.07, 6.45) is 0. The fraction of sp³-hybridized carbons (Fsp3) is 0. The Morgan fingerprint density at radius 2 is 1.02 bits per heavy atom. The van der Waals surface area contributed by atoms with E-state index in [-0.39, 0.29) is 51.3 Å². The van der Waals surface area contributed by atoms with Gasteiger partial charge in [-0.1, -0.05) is 109 Å². The molecule has 0 spiro atoms. The Morgan fingerprint density at radius 3 is 1.77 bits per heavy atom. The van der Waals surface area contributed by atoms with Crippen molar-refractivity contribution in [3.05, 3.63) is 145 Å². The SMILES string of the molecule is [2H]c1c([2H])c([2H])c2c(-c3ccc4c(c3)oc3c4ccc4oc5ccccc5c43)c3c([2H])c([2H])c([2H])c([2H])c3c(-c3ccc4ccccc4c3)c2c1[2H]. The van der Waals surface area contributed by atoms with Gasteiger partial charge in [0.15, 0.2) is 0 Å². The standard InChI is InChI=1S/C42H24O2/c1-2-10-26-23-27(18-17-25(26)9-1)39-30-11-3-5-13-32(30)40(33-14-6-4-12-31(33)39)28-19-20-29-34-21-22-37-41(42(34)44-38(29)24-28)35-15-7-8-16-36(35)43-37/h1-24H/i3D,4D,5D,6D,11D,12D,13D,14D. The van der Waals surface area contributed by atoms with E-state index in [1.807, 2.05) is 91.0 Å². The van der Waals surface area contributed by atoms with Crippen LogP contribution in [0.1, 0.15) is 11.0 Å². The van der Waals surface area contributed by atoms with E-state index < -0.39 is 24.2 Å². The van der Waals surface area contributed by atoms with Gasteiger partial charge in [0, 0.05) is 16.2 Å². The summed E-state index contributed by atoms with van der Waals surface area (Å²) < 4.78 is 84.7. The number of hydrogen-bond acceptors (Lipinski definition) is 2. The molecular weight excluding hydrogens is 536 g/mol. The number of furan rings is 2. The van der Waals surface area contributed by atoms with Crippen molar-refractivity contribution in [2.24, 2.45) is 0 Å². The van der Waals surface area contributed by atoms with Gasteiger partial charge in [0.2, 0.25) is 0 Å². The molecule has 2 heterocycles. The second-order valence-electron chi connectivity index (χ2n) is 11.0. The minimum atomic E-state index is -0.442. The normalized spacial score (nSPS) is 14.6. The van der Waals surface area contributed by atoms with E-state index in [4.69, 9.17) is 14.3 Å². The van der Waals surface area contributed by atoms with Gasteiger partial charge in [-0.3, -0.25) is 0 Å². The zero-order valence-electron chi connectivity index (χ0n) is 31.1. The molecule has 0 aliphatic heterocycles. The third-order valence-corrected chi connectivity index (χ3v) is 8.68. The van der Waals surface area contributed by atoms with Crippen LogP contribution >= 0.6 is 0 Å². The van der Waals surface area contributed by atoms with Crippen LogP contribution in [0.15, 0.2) is 154 Å². The average molecular weight is 569 g/mol. The highest BCUT2D eigenvalue weighted by molar-refractivity contribution is 6.24. The van der Waals surface area contributed by atoms with Gasteiger partial charge in [0.25, 0.3) is 0 Å². The topological polar surface area (TPSA) is 26.3 Å². The zero-order chi connectivity index (χ0) is 35.7. The van der Waals surface area contributed by atoms with Gasteiger partial charge in [-0.25, -0.2) is 0 Å². The lowest BCUT2D eigenvalue weighted by atomic mass is 9.85. The fourth-order valence-corrected chi connectivity index (χ4v) is 6.75. The van der Waals surface area contributed by atoms with E-state index >= 15 is 0 Å². The van der Waals surface area contributed by atoms with Crippen LogP contribution < -0.4 is 0 Å². The first-order valence-electron chi connectivity index (χ1n) is 18.4. The van der Waals surface area contributed by atoms with E-state index in [1.165, 1.54) is 0 Å². The molecule has 0 aliphatic rings. The van der Waals surface area contributed by atoms with Gasteiger partial charge in [-0.15, -0.1) is 0 Å². The molecular formula is C42H24O2. The van der Waals surface area contributed by atoms with Gasteiger partial charge in [-0.05, 0) is 91.0 Å². The van der Waals surface area contributed by atoms with Crippen LogP contribution in [0.3, 0.4) is 0 Å². The molecule has 204 valence electrons. The number of fused-ring (bicyclic) bond motifs is 10. The minimum absolute atomic E-state index is 0.158. The van der Waals surface area contributed by atoms with Crippen LogP contribution in [0.2, 0.25) is 0 Å². The molecule has 10 aromatic rings. The summed E-state index contributed by atoms with van der Waals surface area (Å²) in [6, 6.07) is 27.5. The Kier molecular flexibility index (Phi) is 3.47. The Bertz CT molecular complexity index is 3150. The van der Waals surface area contributed by atoms with Gasteiger partial charge in [0.1, 0.15) is 22.3 Å². The molecule has 2 heteroatoms. The van der Waals surface area contributed by atoms with E-state index in [0.717, 1.165) is 37.9 Å². The summed E-state index contributed by atoms with van der Waals surface area (Å²) in [5.41, 5.74) is 4.20.